The standard InChI is InChI=1S/C12H10O5/c1-7-2-3-8(6-9(7)12(16)17)10(13)4-5-11(14)15/h2-6H,1H3,(H,14,15)(H,16,17)/b5-4+. The van der Waals surface area contributed by atoms with Crippen LogP contribution in [0.4, 0.5) is 0 Å². The van der Waals surface area contributed by atoms with Crippen molar-refractivity contribution in [3.8, 4) is 0 Å². The number of carbonyl (C=O) groups is 3. The highest BCUT2D eigenvalue weighted by molar-refractivity contribution is 6.08. The Labute approximate surface area is 97.0 Å². The minimum absolute atomic E-state index is 0.0274. The smallest absolute Gasteiger partial charge is 0.335 e. The fourth-order valence-electron chi connectivity index (χ4n) is 1.25. The van der Waals surface area contributed by atoms with E-state index < -0.39 is 17.7 Å². The number of hydrogen-bond acceptors (Lipinski definition) is 3. The third kappa shape index (κ3) is 3.27. The van der Waals surface area contributed by atoms with Crippen LogP contribution >= 0.6 is 0 Å². The van der Waals surface area contributed by atoms with Crippen LogP contribution < -0.4 is 0 Å². The van der Waals surface area contributed by atoms with Gasteiger partial charge in [-0.15, -0.1) is 0 Å². The van der Waals surface area contributed by atoms with Crippen molar-refractivity contribution in [3.63, 3.8) is 0 Å². The molecule has 0 fully saturated rings. The molecule has 5 nitrogen and oxygen atoms in total. The van der Waals surface area contributed by atoms with E-state index >= 15 is 0 Å². The molecular weight excluding hydrogens is 224 g/mol. The first kappa shape index (κ1) is 12.6. The summed E-state index contributed by atoms with van der Waals surface area (Å²) in [5.41, 5.74) is 0.710. The normalized spacial score (nSPS) is 10.4. The van der Waals surface area contributed by atoms with Gasteiger partial charge in [0.15, 0.2) is 5.78 Å². The molecule has 0 aromatic heterocycles. The molecule has 1 aromatic rings. The number of ketones is 1. The first-order valence-corrected chi connectivity index (χ1v) is 4.71. The number of aryl methyl sites for hydroxylation is 1. The summed E-state index contributed by atoms with van der Waals surface area (Å²) < 4.78 is 0. The summed E-state index contributed by atoms with van der Waals surface area (Å²) in [6.45, 7) is 1.62. The van der Waals surface area contributed by atoms with Crippen LogP contribution in [0.5, 0.6) is 0 Å². The molecule has 0 atom stereocenters. The van der Waals surface area contributed by atoms with Gasteiger partial charge in [0, 0.05) is 11.6 Å². The van der Waals surface area contributed by atoms with E-state index in [1.54, 1.807) is 6.92 Å². The number of carboxylic acid groups (broad SMARTS) is 2. The number of allylic oxidation sites excluding steroid dienone is 1. The summed E-state index contributed by atoms with van der Waals surface area (Å²) in [6.07, 6.45) is 1.60. The Balaban J connectivity index is 3.08. The van der Waals surface area contributed by atoms with Crippen LogP contribution in [-0.2, 0) is 4.79 Å². The molecular formula is C12H10O5. The highest BCUT2D eigenvalue weighted by Gasteiger charge is 2.10. The lowest BCUT2D eigenvalue weighted by Crippen LogP contribution is -2.04. The number of aromatic carboxylic acids is 1. The summed E-state index contributed by atoms with van der Waals surface area (Å²) in [4.78, 5) is 32.6. The van der Waals surface area contributed by atoms with Crippen molar-refractivity contribution >= 4 is 17.7 Å². The Bertz CT molecular complexity index is 514. The molecule has 1 aromatic carbocycles. The van der Waals surface area contributed by atoms with Gasteiger partial charge in [-0.05, 0) is 24.6 Å². The van der Waals surface area contributed by atoms with E-state index in [1.807, 2.05) is 0 Å². The van der Waals surface area contributed by atoms with Crippen molar-refractivity contribution in [2.24, 2.45) is 0 Å². The maximum absolute atomic E-state index is 11.5. The lowest BCUT2D eigenvalue weighted by Gasteiger charge is -2.02. The topological polar surface area (TPSA) is 91.7 Å². The molecule has 1 rings (SSSR count). The lowest BCUT2D eigenvalue weighted by atomic mass is 10.0. The summed E-state index contributed by atoms with van der Waals surface area (Å²) in [5, 5.41) is 17.2. The monoisotopic (exact) mass is 234 g/mol. The molecule has 0 unspecified atom stereocenters. The summed E-state index contributed by atoms with van der Waals surface area (Å²) in [7, 11) is 0. The molecule has 0 heterocycles. The average molecular weight is 234 g/mol. The van der Waals surface area contributed by atoms with Crippen LogP contribution in [0.3, 0.4) is 0 Å². The lowest BCUT2D eigenvalue weighted by molar-refractivity contribution is -0.131. The number of carbonyl (C=O) groups excluding carboxylic acids is 1. The SMILES string of the molecule is Cc1ccc(C(=O)/C=C/C(=O)O)cc1C(=O)O. The van der Waals surface area contributed by atoms with Crippen LogP contribution in [0.15, 0.2) is 30.4 Å². The number of benzene rings is 1. The van der Waals surface area contributed by atoms with Gasteiger partial charge in [-0.1, -0.05) is 12.1 Å². The van der Waals surface area contributed by atoms with Crippen LogP contribution in [0, 0.1) is 6.92 Å². The van der Waals surface area contributed by atoms with Crippen LogP contribution in [0.2, 0.25) is 0 Å². The second kappa shape index (κ2) is 5.07. The Morgan fingerprint density at radius 1 is 1.12 bits per heavy atom. The first-order valence-electron chi connectivity index (χ1n) is 4.71. The van der Waals surface area contributed by atoms with E-state index in [4.69, 9.17) is 10.2 Å². The van der Waals surface area contributed by atoms with Crippen molar-refractivity contribution in [1.29, 1.82) is 0 Å². The summed E-state index contributed by atoms with van der Waals surface area (Å²) in [6, 6.07) is 4.19. The van der Waals surface area contributed by atoms with Crippen molar-refractivity contribution in [3.05, 3.63) is 47.0 Å². The zero-order valence-corrected chi connectivity index (χ0v) is 9.01. The van der Waals surface area contributed by atoms with E-state index in [2.05, 4.69) is 0 Å². The third-order valence-corrected chi connectivity index (χ3v) is 2.13. The predicted octanol–water partition coefficient (Wildman–Crippen LogP) is 1.52. The van der Waals surface area contributed by atoms with Crippen LogP contribution in [0.1, 0.15) is 26.3 Å². The van der Waals surface area contributed by atoms with E-state index in [0.717, 1.165) is 6.08 Å². The first-order chi connectivity index (χ1) is 7.91. The molecule has 2 N–H and O–H groups in total. The predicted molar refractivity (Wildman–Crippen MR) is 59.2 cm³/mol. The van der Waals surface area contributed by atoms with Gasteiger partial charge >= 0.3 is 11.9 Å². The van der Waals surface area contributed by atoms with Gasteiger partial charge in [-0.25, -0.2) is 9.59 Å². The molecule has 0 aliphatic rings. The quantitative estimate of drug-likeness (QED) is 0.608. The van der Waals surface area contributed by atoms with Gasteiger partial charge < -0.3 is 10.2 Å². The molecule has 0 aliphatic carbocycles. The Kier molecular flexibility index (Phi) is 3.77. The highest BCUT2D eigenvalue weighted by atomic mass is 16.4. The fraction of sp³-hybridized carbons (Fsp3) is 0.0833. The third-order valence-electron chi connectivity index (χ3n) is 2.13. The average Bonchev–Trinajstić information content (AvgIpc) is 2.26. The molecule has 0 saturated carbocycles. The van der Waals surface area contributed by atoms with E-state index in [0.29, 0.717) is 11.6 Å². The second-order valence-corrected chi connectivity index (χ2v) is 3.37. The Morgan fingerprint density at radius 3 is 2.29 bits per heavy atom. The van der Waals surface area contributed by atoms with Crippen LogP contribution in [-0.4, -0.2) is 27.9 Å². The van der Waals surface area contributed by atoms with Crippen molar-refractivity contribution in [2.45, 2.75) is 6.92 Å². The number of hydrogen-bond donors (Lipinski definition) is 2. The van der Waals surface area contributed by atoms with Crippen LogP contribution in [0.25, 0.3) is 0 Å². The minimum atomic E-state index is -1.23. The molecule has 0 spiro atoms. The molecule has 17 heavy (non-hydrogen) atoms. The zero-order chi connectivity index (χ0) is 13.0. The Morgan fingerprint density at radius 2 is 1.76 bits per heavy atom. The van der Waals surface area contributed by atoms with Gasteiger partial charge in [-0.2, -0.15) is 0 Å². The Hall–Kier alpha value is -2.43. The van der Waals surface area contributed by atoms with Crippen molar-refractivity contribution in [1.82, 2.24) is 0 Å². The second-order valence-electron chi connectivity index (χ2n) is 3.37. The maximum Gasteiger partial charge on any atom is 0.335 e. The minimum Gasteiger partial charge on any atom is -0.478 e. The summed E-state index contributed by atoms with van der Waals surface area (Å²) in [5.74, 6) is -2.90. The molecule has 0 radical (unpaired) electrons. The molecule has 0 amide bonds. The number of aliphatic carboxylic acids is 1. The van der Waals surface area contributed by atoms with E-state index in [9.17, 15) is 14.4 Å². The van der Waals surface area contributed by atoms with Gasteiger partial charge in [-0.3, -0.25) is 4.79 Å². The van der Waals surface area contributed by atoms with Crippen molar-refractivity contribution < 1.29 is 24.6 Å². The zero-order valence-electron chi connectivity index (χ0n) is 9.01. The molecule has 0 aliphatic heterocycles. The van der Waals surface area contributed by atoms with Gasteiger partial charge in [0.05, 0.1) is 5.56 Å². The van der Waals surface area contributed by atoms with Gasteiger partial charge in [0.25, 0.3) is 0 Å². The van der Waals surface area contributed by atoms with Crippen molar-refractivity contribution in [2.75, 3.05) is 0 Å². The summed E-state index contributed by atoms with van der Waals surface area (Å²) >= 11 is 0. The van der Waals surface area contributed by atoms with E-state index in [-0.39, 0.29) is 11.1 Å². The largest absolute Gasteiger partial charge is 0.478 e. The van der Waals surface area contributed by atoms with E-state index in [1.165, 1.54) is 18.2 Å². The molecule has 0 bridgehead atoms. The highest BCUT2D eigenvalue weighted by Crippen LogP contribution is 2.12. The number of carboxylic acids is 2. The maximum atomic E-state index is 11.5. The van der Waals surface area contributed by atoms with Gasteiger partial charge in [0.1, 0.15) is 0 Å². The van der Waals surface area contributed by atoms with Gasteiger partial charge in [0.2, 0.25) is 0 Å². The molecule has 0 saturated heterocycles. The molecule has 5 heteroatoms. The molecule has 88 valence electrons. The number of rotatable bonds is 4. The fourth-order valence-corrected chi connectivity index (χ4v) is 1.25.